The van der Waals surface area contributed by atoms with Gasteiger partial charge < -0.3 is 19.8 Å². The smallest absolute Gasteiger partial charge is 0.407 e. The fourth-order valence-electron chi connectivity index (χ4n) is 4.23. The molecule has 2 saturated heterocycles. The van der Waals surface area contributed by atoms with Gasteiger partial charge in [-0.3, -0.25) is 4.98 Å². The van der Waals surface area contributed by atoms with Crippen LogP contribution < -0.4 is 4.90 Å². The summed E-state index contributed by atoms with van der Waals surface area (Å²) in [7, 11) is 4.16. The molecule has 0 radical (unpaired) electrons. The predicted molar refractivity (Wildman–Crippen MR) is 104 cm³/mol. The third-order valence-electron chi connectivity index (χ3n) is 5.88. The number of nitrogens with zero attached hydrogens (tertiary/aromatic N) is 4. The lowest BCUT2D eigenvalue weighted by molar-refractivity contribution is 0.107. The summed E-state index contributed by atoms with van der Waals surface area (Å²) in [4.78, 5) is 22.1. The molecule has 1 aromatic heterocycles. The molecule has 2 aliphatic rings. The van der Waals surface area contributed by atoms with E-state index in [0.717, 1.165) is 51.0 Å². The van der Waals surface area contributed by atoms with Crippen molar-refractivity contribution < 1.29 is 9.90 Å². The molecule has 6 nitrogen and oxygen atoms in total. The lowest BCUT2D eigenvalue weighted by atomic mass is 9.90. The molecule has 26 heavy (non-hydrogen) atoms. The molecule has 2 fully saturated rings. The highest BCUT2D eigenvalue weighted by Crippen LogP contribution is 2.30. The van der Waals surface area contributed by atoms with Gasteiger partial charge in [-0.05, 0) is 63.7 Å². The van der Waals surface area contributed by atoms with E-state index in [9.17, 15) is 4.79 Å². The number of carbonyl (C=O) groups is 1. The first-order chi connectivity index (χ1) is 12.4. The van der Waals surface area contributed by atoms with E-state index in [2.05, 4.69) is 43.0 Å². The fraction of sp³-hybridized carbons (Fsp3) is 0.700. The van der Waals surface area contributed by atoms with Crippen LogP contribution in [0.15, 0.2) is 12.1 Å². The number of amides is 1. The minimum atomic E-state index is -0.771. The van der Waals surface area contributed by atoms with E-state index in [1.54, 1.807) is 4.90 Å². The molecule has 0 saturated carbocycles. The summed E-state index contributed by atoms with van der Waals surface area (Å²) < 4.78 is 0. The lowest BCUT2D eigenvalue weighted by Crippen LogP contribution is -2.42. The van der Waals surface area contributed by atoms with Gasteiger partial charge in [0.1, 0.15) is 0 Å². The highest BCUT2D eigenvalue weighted by atomic mass is 16.4. The van der Waals surface area contributed by atoms with Crippen molar-refractivity contribution in [1.82, 2.24) is 14.8 Å². The number of hydrogen-bond acceptors (Lipinski definition) is 4. The Bertz CT molecular complexity index is 618. The Balaban J connectivity index is 1.50. The number of pyridine rings is 1. The van der Waals surface area contributed by atoms with Crippen LogP contribution in [0, 0.1) is 12.8 Å². The first-order valence-corrected chi connectivity index (χ1v) is 9.78. The Hall–Kier alpha value is -1.82. The van der Waals surface area contributed by atoms with E-state index in [0.29, 0.717) is 24.9 Å². The van der Waals surface area contributed by atoms with Gasteiger partial charge in [-0.1, -0.05) is 0 Å². The minimum absolute atomic E-state index is 0.554. The van der Waals surface area contributed by atoms with Crippen LogP contribution in [0.1, 0.15) is 43.0 Å². The first kappa shape index (κ1) is 19.0. The zero-order valence-electron chi connectivity index (χ0n) is 16.3. The second-order valence-electron chi connectivity index (χ2n) is 8.07. The van der Waals surface area contributed by atoms with Gasteiger partial charge in [0.05, 0.1) is 0 Å². The molecule has 3 heterocycles. The number of likely N-dealkylation sites (tertiary alicyclic amines) is 2. The zero-order valence-corrected chi connectivity index (χ0v) is 16.3. The summed E-state index contributed by atoms with van der Waals surface area (Å²) in [6, 6.07) is 4.39. The normalized spacial score (nSPS) is 20.3. The van der Waals surface area contributed by atoms with Crippen LogP contribution >= 0.6 is 0 Å². The van der Waals surface area contributed by atoms with Crippen molar-refractivity contribution in [3.05, 3.63) is 23.5 Å². The average Bonchev–Trinajstić information content (AvgIpc) is 2.62. The highest BCUT2D eigenvalue weighted by molar-refractivity contribution is 5.64. The molecule has 0 bridgehead atoms. The molecule has 3 rings (SSSR count). The SMILES string of the molecule is Cc1cc(N(C)C)cc(C2CCN(CC3CCN(C(=O)O)CC3)CC2)n1. The molecule has 2 aliphatic heterocycles. The van der Waals surface area contributed by atoms with E-state index in [-0.39, 0.29) is 0 Å². The molecule has 0 aromatic carbocycles. The second kappa shape index (κ2) is 8.25. The van der Waals surface area contributed by atoms with Crippen molar-refractivity contribution in [3.8, 4) is 0 Å². The van der Waals surface area contributed by atoms with Crippen LogP contribution in [-0.4, -0.2) is 72.8 Å². The van der Waals surface area contributed by atoms with Crippen molar-refractivity contribution in [2.75, 3.05) is 51.7 Å². The number of anilines is 1. The van der Waals surface area contributed by atoms with Crippen LogP contribution in [-0.2, 0) is 0 Å². The molecule has 144 valence electrons. The van der Waals surface area contributed by atoms with Gasteiger partial charge in [-0.25, -0.2) is 4.79 Å². The molecule has 0 atom stereocenters. The highest BCUT2D eigenvalue weighted by Gasteiger charge is 2.27. The molecule has 0 spiro atoms. The summed E-state index contributed by atoms with van der Waals surface area (Å²) in [6.45, 7) is 6.82. The second-order valence-corrected chi connectivity index (χ2v) is 8.07. The molecular formula is C20H32N4O2. The molecule has 0 aliphatic carbocycles. The number of aryl methyl sites for hydroxylation is 1. The Kier molecular flexibility index (Phi) is 6.01. The van der Waals surface area contributed by atoms with Gasteiger partial charge >= 0.3 is 6.09 Å². The van der Waals surface area contributed by atoms with E-state index in [1.807, 2.05) is 0 Å². The van der Waals surface area contributed by atoms with E-state index in [4.69, 9.17) is 10.1 Å². The summed E-state index contributed by atoms with van der Waals surface area (Å²) in [5.74, 6) is 1.19. The molecule has 1 aromatic rings. The quantitative estimate of drug-likeness (QED) is 0.894. The maximum absolute atomic E-state index is 11.0. The van der Waals surface area contributed by atoms with E-state index < -0.39 is 6.09 Å². The fourth-order valence-corrected chi connectivity index (χ4v) is 4.23. The Morgan fingerprint density at radius 1 is 1.15 bits per heavy atom. The summed E-state index contributed by atoms with van der Waals surface area (Å²) in [5, 5.41) is 9.06. The third-order valence-corrected chi connectivity index (χ3v) is 5.88. The predicted octanol–water partition coefficient (Wildman–Crippen LogP) is 3.03. The summed E-state index contributed by atoms with van der Waals surface area (Å²) >= 11 is 0. The first-order valence-electron chi connectivity index (χ1n) is 9.78. The standard InChI is InChI=1S/C20H32N4O2/c1-15-12-18(22(2)3)13-19(21-15)17-6-8-23(9-7-17)14-16-4-10-24(11-5-16)20(25)26/h12-13,16-17H,4-11,14H2,1-3H3,(H,25,26). The number of rotatable bonds is 4. The van der Waals surface area contributed by atoms with Crippen molar-refractivity contribution in [1.29, 1.82) is 0 Å². The van der Waals surface area contributed by atoms with Gasteiger partial charge in [0, 0.05) is 56.7 Å². The van der Waals surface area contributed by atoms with Gasteiger partial charge in [0.2, 0.25) is 0 Å². The van der Waals surface area contributed by atoms with Crippen molar-refractivity contribution in [2.45, 2.75) is 38.5 Å². The molecule has 1 amide bonds. The van der Waals surface area contributed by atoms with Gasteiger partial charge in [-0.2, -0.15) is 0 Å². The Labute approximate surface area is 156 Å². The molecule has 1 N–H and O–H groups in total. The average molecular weight is 361 g/mol. The van der Waals surface area contributed by atoms with Gasteiger partial charge in [0.25, 0.3) is 0 Å². The van der Waals surface area contributed by atoms with Crippen LogP contribution in [0.4, 0.5) is 10.5 Å². The molecular weight excluding hydrogens is 328 g/mol. The Morgan fingerprint density at radius 2 is 1.81 bits per heavy atom. The maximum atomic E-state index is 11.0. The number of piperidine rings is 2. The van der Waals surface area contributed by atoms with E-state index >= 15 is 0 Å². The monoisotopic (exact) mass is 360 g/mol. The maximum Gasteiger partial charge on any atom is 0.407 e. The number of carboxylic acid groups (broad SMARTS) is 1. The zero-order chi connectivity index (χ0) is 18.7. The summed E-state index contributed by atoms with van der Waals surface area (Å²) in [5.41, 5.74) is 3.57. The third kappa shape index (κ3) is 4.67. The van der Waals surface area contributed by atoms with Crippen LogP contribution in [0.3, 0.4) is 0 Å². The van der Waals surface area contributed by atoms with Crippen LogP contribution in [0.2, 0.25) is 0 Å². The van der Waals surface area contributed by atoms with Gasteiger partial charge in [0.15, 0.2) is 0 Å². The lowest BCUT2D eigenvalue weighted by Gasteiger charge is -2.37. The Morgan fingerprint density at radius 3 is 2.38 bits per heavy atom. The van der Waals surface area contributed by atoms with Crippen molar-refractivity contribution in [3.63, 3.8) is 0 Å². The topological polar surface area (TPSA) is 59.9 Å². The number of hydrogen-bond donors (Lipinski definition) is 1. The van der Waals surface area contributed by atoms with Crippen molar-refractivity contribution in [2.24, 2.45) is 5.92 Å². The van der Waals surface area contributed by atoms with Crippen molar-refractivity contribution >= 4 is 11.8 Å². The minimum Gasteiger partial charge on any atom is -0.465 e. The molecule has 0 unspecified atom stereocenters. The van der Waals surface area contributed by atoms with Gasteiger partial charge in [-0.15, -0.1) is 0 Å². The largest absolute Gasteiger partial charge is 0.465 e. The van der Waals surface area contributed by atoms with Crippen LogP contribution in [0.25, 0.3) is 0 Å². The number of aromatic nitrogens is 1. The van der Waals surface area contributed by atoms with Crippen LogP contribution in [0.5, 0.6) is 0 Å². The van der Waals surface area contributed by atoms with E-state index in [1.165, 1.54) is 11.4 Å². The summed E-state index contributed by atoms with van der Waals surface area (Å²) in [6.07, 6.45) is 3.55. The molecule has 6 heteroatoms.